The molecule has 3 heterocycles. The van der Waals surface area contributed by atoms with Crippen molar-refractivity contribution in [3.8, 4) is 34.2 Å². The first-order chi connectivity index (χ1) is 20.4. The van der Waals surface area contributed by atoms with Crippen LogP contribution in [-0.2, 0) is 21.1 Å². The van der Waals surface area contributed by atoms with E-state index in [9.17, 15) is 5.11 Å². The molecule has 216 valence electrons. The van der Waals surface area contributed by atoms with Gasteiger partial charge in [-0.05, 0) is 46.7 Å². The Morgan fingerprint density at radius 1 is 0.698 bits per heavy atom. The first-order valence-electron chi connectivity index (χ1n) is 14.4. The second-order valence-corrected chi connectivity index (χ2v) is 11.4. The van der Waals surface area contributed by atoms with Crippen molar-refractivity contribution in [2.24, 2.45) is 0 Å². The van der Waals surface area contributed by atoms with Crippen molar-refractivity contribution in [3.05, 3.63) is 115 Å². The Labute approximate surface area is 265 Å². The molecule has 5 nitrogen and oxygen atoms in total. The number of aromatic hydroxyl groups is 1. The maximum absolute atomic E-state index is 10.8. The van der Waals surface area contributed by atoms with Crippen molar-refractivity contribution in [1.82, 2.24) is 19.5 Å². The van der Waals surface area contributed by atoms with E-state index in [2.05, 4.69) is 92.1 Å². The number of phenols is 1. The number of para-hydroxylation sites is 1. The number of hydrogen-bond acceptors (Lipinski definition) is 4. The fourth-order valence-corrected chi connectivity index (χ4v) is 5.97. The van der Waals surface area contributed by atoms with Gasteiger partial charge in [0.1, 0.15) is 17.3 Å². The van der Waals surface area contributed by atoms with Gasteiger partial charge in [0.05, 0.1) is 16.9 Å². The topological polar surface area (TPSA) is 63.8 Å². The van der Waals surface area contributed by atoms with Crippen LogP contribution in [0.15, 0.2) is 97.3 Å². The summed E-state index contributed by atoms with van der Waals surface area (Å²) >= 11 is 0. The summed E-state index contributed by atoms with van der Waals surface area (Å²) in [6, 6.07) is 28.5. The fraction of sp³-hybridized carbons (Fsp3) is 0.162. The zero-order valence-electron chi connectivity index (χ0n) is 24.4. The summed E-state index contributed by atoms with van der Waals surface area (Å²) in [5.74, 6) is 1.66. The molecule has 7 aromatic rings. The monoisotopic (exact) mass is 742 g/mol. The van der Waals surface area contributed by atoms with E-state index in [1.54, 1.807) is 12.3 Å². The fourth-order valence-electron chi connectivity index (χ4n) is 5.97. The molecule has 0 aliphatic carbocycles. The number of phenolic OH excluding ortho intramolecular Hbond substituents is 1. The molecule has 0 radical (unpaired) electrons. The van der Waals surface area contributed by atoms with E-state index < -0.39 is 0 Å². The quantitative estimate of drug-likeness (QED) is 0.141. The van der Waals surface area contributed by atoms with Gasteiger partial charge < -0.3 is 14.7 Å². The second kappa shape index (κ2) is 11.4. The van der Waals surface area contributed by atoms with Gasteiger partial charge >= 0.3 is 0 Å². The van der Waals surface area contributed by atoms with Crippen LogP contribution in [0.2, 0.25) is 0 Å². The number of rotatable bonds is 5. The summed E-state index contributed by atoms with van der Waals surface area (Å²) in [5, 5.41) is 15.4. The molecule has 0 aliphatic heterocycles. The normalized spacial score (nSPS) is 11.6. The third-order valence-electron chi connectivity index (χ3n) is 8.07. The standard InChI is InChI=1S/C37H31N4O.Pt/c1-22(2)27-10-7-11-28(23(3)4)36(27)41-21-32(40-37(41)29-12-5-8-24-18-19-38-20-30(24)29)31-17-16-26-15-14-25-9-6-13-33(42)34(25)35(26)39-31;/h5-19,21-23,42H,1-4H3;/q-1;. The van der Waals surface area contributed by atoms with Crippen LogP contribution in [0.5, 0.6) is 5.75 Å². The van der Waals surface area contributed by atoms with E-state index in [-0.39, 0.29) is 26.8 Å². The molecular weight excluding hydrogens is 712 g/mol. The first-order valence-corrected chi connectivity index (χ1v) is 14.4. The Morgan fingerprint density at radius 3 is 2.14 bits per heavy atom. The van der Waals surface area contributed by atoms with Crippen molar-refractivity contribution in [1.29, 1.82) is 0 Å². The van der Waals surface area contributed by atoms with Gasteiger partial charge in [0.15, 0.2) is 0 Å². The van der Waals surface area contributed by atoms with Crippen LogP contribution in [0.3, 0.4) is 0 Å². The second-order valence-electron chi connectivity index (χ2n) is 11.4. The molecule has 0 aliphatic rings. The number of nitrogens with zero attached hydrogens (tertiary/aromatic N) is 4. The molecular formula is C37H31N4OPt-. The molecule has 0 bridgehead atoms. The van der Waals surface area contributed by atoms with E-state index in [1.165, 1.54) is 11.1 Å². The molecule has 4 aromatic carbocycles. The third kappa shape index (κ3) is 4.92. The van der Waals surface area contributed by atoms with E-state index in [0.717, 1.165) is 60.9 Å². The van der Waals surface area contributed by atoms with Gasteiger partial charge in [-0.2, -0.15) is 0 Å². The van der Waals surface area contributed by atoms with E-state index in [0.29, 0.717) is 11.8 Å². The third-order valence-corrected chi connectivity index (χ3v) is 8.07. The van der Waals surface area contributed by atoms with Gasteiger partial charge in [0.2, 0.25) is 0 Å². The van der Waals surface area contributed by atoms with Gasteiger partial charge in [-0.1, -0.05) is 106 Å². The Kier molecular flexibility index (Phi) is 7.62. The Bertz CT molecular complexity index is 2100. The average Bonchev–Trinajstić information content (AvgIpc) is 3.45. The summed E-state index contributed by atoms with van der Waals surface area (Å²) in [6.07, 6.45) is 7.10. The van der Waals surface area contributed by atoms with Crippen LogP contribution in [0.25, 0.3) is 60.9 Å². The van der Waals surface area contributed by atoms with Crippen LogP contribution < -0.4 is 0 Å². The van der Waals surface area contributed by atoms with Crippen molar-refractivity contribution in [2.45, 2.75) is 39.5 Å². The van der Waals surface area contributed by atoms with Crippen LogP contribution in [0.4, 0.5) is 0 Å². The minimum Gasteiger partial charge on any atom is -0.507 e. The number of hydrogen-bond donors (Lipinski definition) is 1. The predicted octanol–water partition coefficient (Wildman–Crippen LogP) is 9.21. The van der Waals surface area contributed by atoms with Crippen LogP contribution >= 0.6 is 0 Å². The van der Waals surface area contributed by atoms with Gasteiger partial charge in [0.25, 0.3) is 0 Å². The molecule has 7 rings (SSSR count). The summed E-state index contributed by atoms with van der Waals surface area (Å²) in [5.41, 5.74) is 6.90. The number of aromatic nitrogens is 4. The number of benzene rings is 4. The average molecular weight is 743 g/mol. The molecule has 6 heteroatoms. The molecule has 0 saturated heterocycles. The van der Waals surface area contributed by atoms with E-state index in [1.807, 2.05) is 36.4 Å². The number of fused-ring (bicyclic) bond motifs is 4. The zero-order valence-corrected chi connectivity index (χ0v) is 26.7. The van der Waals surface area contributed by atoms with E-state index >= 15 is 0 Å². The molecule has 0 amide bonds. The molecule has 0 atom stereocenters. The maximum atomic E-state index is 10.8. The Hall–Kier alpha value is -4.34. The SMILES string of the molecule is CC(C)c1cccc(C(C)C)c1-n1cc(-c2ccc3ccc4cccc(O)c4c3n2)nc1-c1cccc2ccn[c-]c12.[Pt]. The summed E-state index contributed by atoms with van der Waals surface area (Å²) in [4.78, 5) is 14.7. The number of imidazole rings is 1. The van der Waals surface area contributed by atoms with Crippen LogP contribution in [0.1, 0.15) is 50.7 Å². The van der Waals surface area contributed by atoms with Crippen molar-refractivity contribution in [2.75, 3.05) is 0 Å². The van der Waals surface area contributed by atoms with Gasteiger partial charge in [-0.3, -0.25) is 0 Å². The first kappa shape index (κ1) is 28.8. The molecule has 0 unspecified atom stereocenters. The van der Waals surface area contributed by atoms with Crippen molar-refractivity contribution >= 4 is 32.4 Å². The van der Waals surface area contributed by atoms with Crippen LogP contribution in [0, 0.1) is 6.20 Å². The van der Waals surface area contributed by atoms with E-state index in [4.69, 9.17) is 9.97 Å². The van der Waals surface area contributed by atoms with Gasteiger partial charge in [-0.15, -0.1) is 16.8 Å². The molecule has 1 N–H and O–H groups in total. The molecule has 0 saturated carbocycles. The number of pyridine rings is 2. The minimum absolute atomic E-state index is 0. The molecule has 43 heavy (non-hydrogen) atoms. The molecule has 3 aromatic heterocycles. The molecule has 0 spiro atoms. The maximum Gasteiger partial charge on any atom is 0.125 e. The summed E-state index contributed by atoms with van der Waals surface area (Å²) in [7, 11) is 0. The van der Waals surface area contributed by atoms with Crippen molar-refractivity contribution in [3.63, 3.8) is 0 Å². The van der Waals surface area contributed by atoms with Crippen molar-refractivity contribution < 1.29 is 26.2 Å². The predicted molar refractivity (Wildman–Crippen MR) is 171 cm³/mol. The zero-order chi connectivity index (χ0) is 29.0. The minimum atomic E-state index is 0. The van der Waals surface area contributed by atoms with Gasteiger partial charge in [0, 0.05) is 38.0 Å². The smallest absolute Gasteiger partial charge is 0.125 e. The Morgan fingerprint density at radius 2 is 1.37 bits per heavy atom. The molecule has 0 fully saturated rings. The largest absolute Gasteiger partial charge is 0.507 e. The van der Waals surface area contributed by atoms with Crippen LogP contribution in [-0.4, -0.2) is 24.6 Å². The summed E-state index contributed by atoms with van der Waals surface area (Å²) in [6.45, 7) is 8.94. The summed E-state index contributed by atoms with van der Waals surface area (Å²) < 4.78 is 2.24. The van der Waals surface area contributed by atoms with Gasteiger partial charge in [-0.25, -0.2) is 9.97 Å². The Balaban J connectivity index is 0.00000329.